The molecule has 0 aliphatic carbocycles. The molecule has 0 aliphatic heterocycles. The Morgan fingerprint density at radius 3 is 2.68 bits per heavy atom. The molecule has 0 saturated heterocycles. The Bertz CT molecular complexity index is 721. The molecule has 0 aliphatic rings. The summed E-state index contributed by atoms with van der Waals surface area (Å²) in [4.78, 5) is 19.4. The van der Waals surface area contributed by atoms with Crippen LogP contribution in [0.2, 0.25) is 5.15 Å². The van der Waals surface area contributed by atoms with Gasteiger partial charge in [0.15, 0.2) is 5.96 Å². The second-order valence-corrected chi connectivity index (χ2v) is 5.54. The summed E-state index contributed by atoms with van der Waals surface area (Å²) in [5.74, 6) is 0.248. The van der Waals surface area contributed by atoms with Crippen LogP contribution in [0.3, 0.4) is 0 Å². The molecule has 0 unspecified atom stereocenters. The predicted molar refractivity (Wildman–Crippen MR) is 112 cm³/mol. The first kappa shape index (κ1) is 21.2. The Labute approximate surface area is 169 Å². The number of hydrogen-bond donors (Lipinski definition) is 3. The highest BCUT2D eigenvalue weighted by Gasteiger charge is 2.03. The summed E-state index contributed by atoms with van der Waals surface area (Å²) in [6.07, 6.45) is 2.57. The van der Waals surface area contributed by atoms with Crippen molar-refractivity contribution in [1.82, 2.24) is 15.6 Å². The number of nitrogens with zero attached hydrogens (tertiary/aromatic N) is 2. The van der Waals surface area contributed by atoms with Crippen LogP contribution in [0.25, 0.3) is 0 Å². The van der Waals surface area contributed by atoms with Gasteiger partial charge in [0.2, 0.25) is 5.91 Å². The first-order chi connectivity index (χ1) is 11.6. The molecule has 1 aromatic heterocycles. The molecule has 0 bridgehead atoms. The zero-order valence-electron chi connectivity index (χ0n) is 13.8. The van der Waals surface area contributed by atoms with E-state index in [4.69, 9.17) is 17.3 Å². The maximum atomic E-state index is 11.2. The summed E-state index contributed by atoms with van der Waals surface area (Å²) in [6.45, 7) is 1.26. The number of hydrogen-bond acceptors (Lipinski definition) is 3. The van der Waals surface area contributed by atoms with Gasteiger partial charge in [-0.15, -0.1) is 24.0 Å². The highest BCUT2D eigenvalue weighted by atomic mass is 127. The smallest absolute Gasteiger partial charge is 0.248 e. The van der Waals surface area contributed by atoms with Crippen molar-refractivity contribution < 1.29 is 4.79 Å². The maximum absolute atomic E-state index is 11.2. The van der Waals surface area contributed by atoms with E-state index in [0.717, 1.165) is 17.5 Å². The van der Waals surface area contributed by atoms with E-state index >= 15 is 0 Å². The quantitative estimate of drug-likeness (QED) is 0.260. The number of aromatic nitrogens is 1. The first-order valence-corrected chi connectivity index (χ1v) is 7.90. The van der Waals surface area contributed by atoms with Gasteiger partial charge in [-0.25, -0.2) is 4.98 Å². The van der Waals surface area contributed by atoms with E-state index in [2.05, 4.69) is 20.6 Å². The number of aliphatic imine (C=N–C) groups is 1. The van der Waals surface area contributed by atoms with Gasteiger partial charge in [-0.1, -0.05) is 29.8 Å². The van der Waals surface area contributed by atoms with Crippen molar-refractivity contribution in [3.05, 3.63) is 64.4 Å². The fraction of sp³-hybridized carbons (Fsp3) is 0.235. The molecule has 0 fully saturated rings. The Balaban J connectivity index is 0.00000312. The molecule has 0 spiro atoms. The molecule has 0 saturated carbocycles. The van der Waals surface area contributed by atoms with Crippen LogP contribution in [0.1, 0.15) is 21.5 Å². The van der Waals surface area contributed by atoms with Crippen LogP contribution in [0.5, 0.6) is 0 Å². The van der Waals surface area contributed by atoms with Crippen LogP contribution in [-0.4, -0.2) is 30.4 Å². The number of primary amides is 1. The van der Waals surface area contributed by atoms with E-state index < -0.39 is 5.91 Å². The third-order valence-electron chi connectivity index (χ3n) is 3.39. The number of nitrogens with two attached hydrogens (primary N) is 1. The zero-order valence-corrected chi connectivity index (χ0v) is 16.9. The number of amides is 1. The number of benzene rings is 1. The Hall–Kier alpha value is -1.87. The standard InChI is InChI=1S/C17H20ClN5O.HI/c1-20-17(21-8-7-12-5-6-15(18)22-10-12)23-11-13-3-2-4-14(9-13)16(19)24;/h2-6,9-10H,7-8,11H2,1H3,(H2,19,24)(H2,20,21,23);1H. The lowest BCUT2D eigenvalue weighted by Gasteiger charge is -2.12. The minimum Gasteiger partial charge on any atom is -0.366 e. The minimum atomic E-state index is -0.434. The summed E-state index contributed by atoms with van der Waals surface area (Å²) in [6, 6.07) is 10.9. The molecule has 0 radical (unpaired) electrons. The van der Waals surface area contributed by atoms with Gasteiger partial charge in [-0.3, -0.25) is 9.79 Å². The van der Waals surface area contributed by atoms with Crippen LogP contribution >= 0.6 is 35.6 Å². The Morgan fingerprint density at radius 1 is 1.24 bits per heavy atom. The van der Waals surface area contributed by atoms with Gasteiger partial charge in [-0.05, 0) is 35.7 Å². The summed E-state index contributed by atoms with van der Waals surface area (Å²) < 4.78 is 0. The van der Waals surface area contributed by atoms with Crippen LogP contribution in [0.15, 0.2) is 47.6 Å². The van der Waals surface area contributed by atoms with E-state index in [0.29, 0.717) is 29.8 Å². The van der Waals surface area contributed by atoms with Gasteiger partial charge in [-0.2, -0.15) is 0 Å². The van der Waals surface area contributed by atoms with Gasteiger partial charge in [0.25, 0.3) is 0 Å². The first-order valence-electron chi connectivity index (χ1n) is 7.52. The van der Waals surface area contributed by atoms with E-state index in [9.17, 15) is 4.79 Å². The van der Waals surface area contributed by atoms with Crippen LogP contribution in [0.4, 0.5) is 0 Å². The summed E-state index contributed by atoms with van der Waals surface area (Å²) >= 11 is 5.76. The maximum Gasteiger partial charge on any atom is 0.248 e. The van der Waals surface area contributed by atoms with Crippen molar-refractivity contribution in [3.63, 3.8) is 0 Å². The topological polar surface area (TPSA) is 92.4 Å². The Morgan fingerprint density at radius 2 is 2.04 bits per heavy atom. The lowest BCUT2D eigenvalue weighted by molar-refractivity contribution is 0.1000. The third-order valence-corrected chi connectivity index (χ3v) is 3.61. The lowest BCUT2D eigenvalue weighted by Crippen LogP contribution is -2.37. The van der Waals surface area contributed by atoms with Gasteiger partial charge < -0.3 is 16.4 Å². The van der Waals surface area contributed by atoms with Gasteiger partial charge in [0.1, 0.15) is 5.15 Å². The number of rotatable bonds is 6. The molecule has 25 heavy (non-hydrogen) atoms. The largest absolute Gasteiger partial charge is 0.366 e. The second kappa shape index (κ2) is 10.9. The molecule has 1 heterocycles. The average molecular weight is 474 g/mol. The molecule has 2 rings (SSSR count). The van der Waals surface area contributed by atoms with E-state index in [1.807, 2.05) is 12.1 Å². The number of halogens is 2. The number of nitrogens with one attached hydrogen (secondary N) is 2. The van der Waals surface area contributed by atoms with Crippen molar-refractivity contribution in [2.24, 2.45) is 10.7 Å². The van der Waals surface area contributed by atoms with E-state index in [1.165, 1.54) is 0 Å². The number of carbonyl (C=O) groups excluding carboxylic acids is 1. The molecule has 4 N–H and O–H groups in total. The summed E-state index contributed by atoms with van der Waals surface area (Å²) in [7, 11) is 1.71. The normalized spacial score (nSPS) is 10.7. The predicted octanol–water partition coefficient (Wildman–Crippen LogP) is 2.36. The zero-order chi connectivity index (χ0) is 17.4. The molecule has 6 nitrogen and oxygen atoms in total. The average Bonchev–Trinajstić information content (AvgIpc) is 2.59. The molecule has 1 amide bonds. The number of pyridine rings is 1. The third kappa shape index (κ3) is 7.27. The fourth-order valence-corrected chi connectivity index (χ4v) is 2.23. The van der Waals surface area contributed by atoms with Crippen molar-refractivity contribution in [1.29, 1.82) is 0 Å². The van der Waals surface area contributed by atoms with E-state index in [1.54, 1.807) is 37.5 Å². The summed E-state index contributed by atoms with van der Waals surface area (Å²) in [5, 5.41) is 6.91. The molecule has 1 aromatic carbocycles. The van der Waals surface area contributed by atoms with Gasteiger partial charge in [0.05, 0.1) is 0 Å². The van der Waals surface area contributed by atoms with Crippen LogP contribution in [-0.2, 0) is 13.0 Å². The van der Waals surface area contributed by atoms with Gasteiger partial charge >= 0.3 is 0 Å². The lowest BCUT2D eigenvalue weighted by atomic mass is 10.1. The highest BCUT2D eigenvalue weighted by Crippen LogP contribution is 2.06. The number of carbonyl (C=O) groups is 1. The van der Waals surface area contributed by atoms with Crippen molar-refractivity contribution >= 4 is 47.4 Å². The molecule has 8 heteroatoms. The highest BCUT2D eigenvalue weighted by molar-refractivity contribution is 14.0. The molecular weight excluding hydrogens is 453 g/mol. The molecule has 2 aromatic rings. The van der Waals surface area contributed by atoms with Crippen LogP contribution < -0.4 is 16.4 Å². The summed E-state index contributed by atoms with van der Waals surface area (Å²) in [5.41, 5.74) is 7.83. The molecular formula is C17H21ClIN5O. The second-order valence-electron chi connectivity index (χ2n) is 5.16. The van der Waals surface area contributed by atoms with Crippen molar-refractivity contribution in [2.45, 2.75) is 13.0 Å². The monoisotopic (exact) mass is 473 g/mol. The molecule has 0 atom stereocenters. The van der Waals surface area contributed by atoms with E-state index in [-0.39, 0.29) is 24.0 Å². The van der Waals surface area contributed by atoms with Crippen LogP contribution in [0, 0.1) is 0 Å². The SMILES string of the molecule is CN=C(NCCc1ccc(Cl)nc1)NCc1cccc(C(N)=O)c1.I. The fourth-order valence-electron chi connectivity index (χ4n) is 2.12. The Kier molecular flexibility index (Phi) is 9.22. The van der Waals surface area contributed by atoms with Crippen molar-refractivity contribution in [3.8, 4) is 0 Å². The van der Waals surface area contributed by atoms with Crippen molar-refractivity contribution in [2.75, 3.05) is 13.6 Å². The number of guanidine groups is 1. The van der Waals surface area contributed by atoms with Gasteiger partial charge in [0, 0.05) is 31.9 Å². The minimum absolute atomic E-state index is 0. The molecule has 134 valence electrons.